The van der Waals surface area contributed by atoms with Crippen molar-refractivity contribution in [1.29, 1.82) is 0 Å². The van der Waals surface area contributed by atoms with Gasteiger partial charge in [0.05, 0.1) is 0 Å². The molecule has 2 rings (SSSR count). The Morgan fingerprint density at radius 3 is 2.35 bits per heavy atom. The molecule has 1 N–H and O–H groups in total. The molecule has 2 aliphatic rings. The molecule has 0 aromatic carbocycles. The second kappa shape index (κ2) is 7.01. The smallest absolute Gasteiger partial charge is 0.0438 e. The highest BCUT2D eigenvalue weighted by atomic mass is 32.2. The summed E-state index contributed by atoms with van der Waals surface area (Å²) >= 11 is 1.99. The molecule has 0 bridgehead atoms. The van der Waals surface area contributed by atoms with Gasteiger partial charge in [-0.05, 0) is 30.4 Å². The van der Waals surface area contributed by atoms with Gasteiger partial charge in [-0.3, -0.25) is 0 Å². The highest BCUT2D eigenvalue weighted by molar-refractivity contribution is 7.99. The Balaban J connectivity index is 1.55. The van der Waals surface area contributed by atoms with Crippen LogP contribution in [0.25, 0.3) is 0 Å². The van der Waals surface area contributed by atoms with Crippen LogP contribution in [0, 0.1) is 5.41 Å². The van der Waals surface area contributed by atoms with Crippen LogP contribution in [0.5, 0.6) is 0 Å². The Morgan fingerprint density at radius 1 is 1.00 bits per heavy atom. The summed E-state index contributed by atoms with van der Waals surface area (Å²) in [5, 5.41) is 8.70. The van der Waals surface area contributed by atoms with Crippen LogP contribution in [-0.2, 0) is 0 Å². The minimum absolute atomic E-state index is 0.347. The highest BCUT2D eigenvalue weighted by Gasteiger charge is 2.41. The third-order valence-electron chi connectivity index (χ3n) is 4.28. The van der Waals surface area contributed by atoms with E-state index in [0.29, 0.717) is 6.61 Å². The van der Waals surface area contributed by atoms with Gasteiger partial charge in [0.1, 0.15) is 0 Å². The summed E-state index contributed by atoms with van der Waals surface area (Å²) in [6.07, 6.45) is 9.81. The van der Waals surface area contributed by atoms with Crippen LogP contribution in [0.3, 0.4) is 0 Å². The van der Waals surface area contributed by atoms with Crippen LogP contribution < -0.4 is 0 Å². The van der Waals surface area contributed by atoms with Gasteiger partial charge in [0.15, 0.2) is 0 Å². The van der Waals surface area contributed by atoms with E-state index >= 15 is 0 Å². The molecule has 0 aromatic heterocycles. The normalized spacial score (nSPS) is 24.5. The summed E-state index contributed by atoms with van der Waals surface area (Å²) in [6, 6.07) is 0. The van der Waals surface area contributed by atoms with Gasteiger partial charge < -0.3 is 10.0 Å². The van der Waals surface area contributed by atoms with Crippen molar-refractivity contribution in [3.8, 4) is 0 Å². The molecule has 100 valence electrons. The molecule has 0 atom stereocenters. The Hall–Kier alpha value is 0.270. The van der Waals surface area contributed by atoms with Crippen molar-refractivity contribution in [2.75, 3.05) is 37.7 Å². The van der Waals surface area contributed by atoms with Crippen molar-refractivity contribution >= 4 is 11.8 Å². The van der Waals surface area contributed by atoms with Gasteiger partial charge in [-0.25, -0.2) is 0 Å². The molecule has 1 saturated heterocycles. The Labute approximate surface area is 110 Å². The lowest BCUT2D eigenvalue weighted by atomic mass is 9.73. The average Bonchev–Trinajstić information content (AvgIpc) is 2.53. The van der Waals surface area contributed by atoms with Crippen LogP contribution in [0.2, 0.25) is 0 Å². The number of thioether (sulfide) groups is 1. The maximum atomic E-state index is 8.70. The maximum Gasteiger partial charge on any atom is 0.0438 e. The van der Waals surface area contributed by atoms with Crippen molar-refractivity contribution in [3.05, 3.63) is 0 Å². The van der Waals surface area contributed by atoms with Gasteiger partial charge in [0.2, 0.25) is 0 Å². The molecule has 1 saturated carbocycles. The SMILES string of the molecule is OCCCSCCN1CC2(CCCCCC2)C1. The van der Waals surface area contributed by atoms with E-state index in [1.54, 1.807) is 0 Å². The molecule has 1 spiro atoms. The molecule has 0 unspecified atom stereocenters. The second-order valence-corrected chi connectivity index (χ2v) is 7.04. The first kappa shape index (κ1) is 13.7. The molecule has 0 aromatic rings. The van der Waals surface area contributed by atoms with E-state index in [1.807, 2.05) is 11.8 Å². The molecule has 1 aliphatic carbocycles. The van der Waals surface area contributed by atoms with E-state index in [4.69, 9.17) is 5.11 Å². The number of hydrogen-bond donors (Lipinski definition) is 1. The molecule has 1 aliphatic heterocycles. The van der Waals surface area contributed by atoms with Crippen molar-refractivity contribution in [1.82, 2.24) is 4.90 Å². The fourth-order valence-corrected chi connectivity index (χ4v) is 4.24. The Kier molecular flexibility index (Phi) is 5.64. The topological polar surface area (TPSA) is 23.5 Å². The first-order valence-electron chi connectivity index (χ1n) is 7.26. The molecule has 3 heteroatoms. The lowest BCUT2D eigenvalue weighted by molar-refractivity contribution is -0.00669. The summed E-state index contributed by atoms with van der Waals surface area (Å²) < 4.78 is 0. The Morgan fingerprint density at radius 2 is 1.71 bits per heavy atom. The molecule has 2 nitrogen and oxygen atoms in total. The van der Waals surface area contributed by atoms with Crippen LogP contribution in [-0.4, -0.2) is 47.8 Å². The van der Waals surface area contributed by atoms with Gasteiger partial charge in [-0.1, -0.05) is 25.7 Å². The third kappa shape index (κ3) is 4.15. The van der Waals surface area contributed by atoms with Crippen LogP contribution in [0.4, 0.5) is 0 Å². The quantitative estimate of drug-likeness (QED) is 0.740. The van der Waals surface area contributed by atoms with Crippen LogP contribution in [0.15, 0.2) is 0 Å². The van der Waals surface area contributed by atoms with Gasteiger partial charge in [0, 0.05) is 32.0 Å². The summed E-state index contributed by atoms with van der Waals surface area (Å²) in [5.74, 6) is 2.37. The average molecular weight is 257 g/mol. The van der Waals surface area contributed by atoms with E-state index < -0.39 is 0 Å². The first-order chi connectivity index (χ1) is 8.35. The highest BCUT2D eigenvalue weighted by Crippen LogP contribution is 2.42. The summed E-state index contributed by atoms with van der Waals surface area (Å²) in [7, 11) is 0. The molecular formula is C14H27NOS. The van der Waals surface area contributed by atoms with Crippen molar-refractivity contribution in [3.63, 3.8) is 0 Å². The molecular weight excluding hydrogens is 230 g/mol. The van der Waals surface area contributed by atoms with Crippen molar-refractivity contribution in [2.45, 2.75) is 44.9 Å². The zero-order valence-corrected chi connectivity index (χ0v) is 11.8. The molecule has 0 amide bonds. The first-order valence-corrected chi connectivity index (χ1v) is 8.41. The zero-order valence-electron chi connectivity index (χ0n) is 11.0. The number of likely N-dealkylation sites (tertiary alicyclic amines) is 1. The number of aliphatic hydroxyl groups excluding tert-OH is 1. The van der Waals surface area contributed by atoms with Crippen LogP contribution >= 0.6 is 11.8 Å². The standard InChI is InChI=1S/C14H27NOS/c16-9-5-10-17-11-8-15-12-14(13-15)6-3-1-2-4-7-14/h16H,1-13H2. The fraction of sp³-hybridized carbons (Fsp3) is 1.00. The van der Waals surface area contributed by atoms with Crippen LogP contribution in [0.1, 0.15) is 44.9 Å². The predicted molar refractivity (Wildman–Crippen MR) is 75.6 cm³/mol. The van der Waals surface area contributed by atoms with E-state index in [2.05, 4.69) is 4.90 Å². The van der Waals surface area contributed by atoms with E-state index in [0.717, 1.165) is 17.6 Å². The largest absolute Gasteiger partial charge is 0.396 e. The fourth-order valence-electron chi connectivity index (χ4n) is 3.32. The number of aliphatic hydroxyl groups is 1. The van der Waals surface area contributed by atoms with E-state index in [-0.39, 0.29) is 0 Å². The molecule has 0 radical (unpaired) electrons. The van der Waals surface area contributed by atoms with Crippen molar-refractivity contribution in [2.24, 2.45) is 5.41 Å². The van der Waals surface area contributed by atoms with Gasteiger partial charge in [0.25, 0.3) is 0 Å². The van der Waals surface area contributed by atoms with Gasteiger partial charge >= 0.3 is 0 Å². The van der Waals surface area contributed by atoms with Gasteiger partial charge in [-0.2, -0.15) is 11.8 Å². The zero-order chi connectivity index (χ0) is 12.0. The monoisotopic (exact) mass is 257 g/mol. The molecule has 1 heterocycles. The number of hydrogen-bond acceptors (Lipinski definition) is 3. The second-order valence-electron chi connectivity index (χ2n) is 5.81. The minimum atomic E-state index is 0.347. The molecule has 17 heavy (non-hydrogen) atoms. The number of rotatable bonds is 6. The van der Waals surface area contributed by atoms with Crippen molar-refractivity contribution < 1.29 is 5.11 Å². The molecule has 2 fully saturated rings. The minimum Gasteiger partial charge on any atom is -0.396 e. The van der Waals surface area contributed by atoms with E-state index in [1.165, 1.54) is 63.9 Å². The lowest BCUT2D eigenvalue weighted by Crippen LogP contribution is -2.56. The summed E-state index contributed by atoms with van der Waals surface area (Å²) in [6.45, 7) is 4.35. The Bertz CT molecular complexity index is 206. The lowest BCUT2D eigenvalue weighted by Gasteiger charge is -2.50. The third-order valence-corrected chi connectivity index (χ3v) is 5.33. The number of nitrogens with zero attached hydrogens (tertiary/aromatic N) is 1. The predicted octanol–water partition coefficient (Wildman–Crippen LogP) is 2.76. The summed E-state index contributed by atoms with van der Waals surface area (Å²) in [5.41, 5.74) is 0.728. The summed E-state index contributed by atoms with van der Waals surface area (Å²) in [4.78, 5) is 2.64. The maximum absolute atomic E-state index is 8.70. The van der Waals surface area contributed by atoms with Gasteiger partial charge in [-0.15, -0.1) is 0 Å². The van der Waals surface area contributed by atoms with E-state index in [9.17, 15) is 0 Å².